The Labute approximate surface area is 122 Å². The van der Waals surface area contributed by atoms with Crippen molar-refractivity contribution in [3.8, 4) is 0 Å². The zero-order valence-electron chi connectivity index (χ0n) is 11.9. The van der Waals surface area contributed by atoms with E-state index in [1.54, 1.807) is 6.07 Å². The molecule has 1 aliphatic rings. The number of nitrogens with zero attached hydrogens (tertiary/aromatic N) is 3. The molecular formula is C14H18N4O3. The molecule has 3 rings (SSSR count). The number of non-ortho nitro benzene ring substituents is 1. The number of nitrogens with one attached hydrogen (secondary N) is 1. The molecule has 1 aromatic carbocycles. The summed E-state index contributed by atoms with van der Waals surface area (Å²) >= 11 is 0. The molecule has 0 radical (unpaired) electrons. The number of rotatable bonds is 4. The number of hydrogen-bond donors (Lipinski definition) is 1. The second-order valence-electron chi connectivity index (χ2n) is 5.43. The van der Waals surface area contributed by atoms with E-state index in [0.717, 1.165) is 19.5 Å². The standard InChI is InChI=1S/C14H18N4O3/c1-17(9-10-4-2-3-7-15-10)14-16-12-8-11(18(19)20)5-6-13(12)21-14/h5-6,8,10,15H,2-4,7,9H2,1H3/t10-/m1/s1. The summed E-state index contributed by atoms with van der Waals surface area (Å²) in [4.78, 5) is 16.7. The molecule has 0 unspecified atom stereocenters. The molecule has 21 heavy (non-hydrogen) atoms. The van der Waals surface area contributed by atoms with Crippen LogP contribution in [-0.2, 0) is 0 Å². The summed E-state index contributed by atoms with van der Waals surface area (Å²) in [6.07, 6.45) is 3.62. The molecule has 1 atom stereocenters. The Hall–Kier alpha value is -2.15. The zero-order chi connectivity index (χ0) is 14.8. The third-order valence-corrected chi connectivity index (χ3v) is 3.80. The molecule has 1 N–H and O–H groups in total. The van der Waals surface area contributed by atoms with Gasteiger partial charge in [0.2, 0.25) is 0 Å². The Morgan fingerprint density at radius 3 is 3.10 bits per heavy atom. The minimum atomic E-state index is -0.427. The van der Waals surface area contributed by atoms with Crippen LogP contribution >= 0.6 is 0 Å². The summed E-state index contributed by atoms with van der Waals surface area (Å²) in [5.41, 5.74) is 1.11. The monoisotopic (exact) mass is 290 g/mol. The topological polar surface area (TPSA) is 84.4 Å². The first kappa shape index (κ1) is 13.8. The second-order valence-corrected chi connectivity index (χ2v) is 5.43. The molecule has 1 fully saturated rings. The van der Waals surface area contributed by atoms with Crippen LogP contribution in [0, 0.1) is 10.1 Å². The van der Waals surface area contributed by atoms with Crippen LogP contribution in [0.4, 0.5) is 11.7 Å². The van der Waals surface area contributed by atoms with E-state index in [1.807, 2.05) is 11.9 Å². The fourth-order valence-corrected chi connectivity index (χ4v) is 2.67. The van der Waals surface area contributed by atoms with Gasteiger partial charge in [-0.3, -0.25) is 10.1 Å². The van der Waals surface area contributed by atoms with Crippen molar-refractivity contribution in [2.45, 2.75) is 25.3 Å². The fraction of sp³-hybridized carbons (Fsp3) is 0.500. The molecule has 0 saturated carbocycles. The zero-order valence-corrected chi connectivity index (χ0v) is 11.9. The molecule has 1 saturated heterocycles. The lowest BCUT2D eigenvalue weighted by Crippen LogP contribution is -2.42. The quantitative estimate of drug-likeness (QED) is 0.687. The molecular weight excluding hydrogens is 272 g/mol. The molecule has 2 heterocycles. The van der Waals surface area contributed by atoms with Gasteiger partial charge in [-0.15, -0.1) is 0 Å². The largest absolute Gasteiger partial charge is 0.423 e. The van der Waals surface area contributed by atoms with Crippen molar-refractivity contribution in [1.82, 2.24) is 10.3 Å². The third kappa shape index (κ3) is 2.97. The van der Waals surface area contributed by atoms with Gasteiger partial charge < -0.3 is 14.6 Å². The van der Waals surface area contributed by atoms with Crippen LogP contribution in [0.2, 0.25) is 0 Å². The van der Waals surface area contributed by atoms with Crippen molar-refractivity contribution in [2.75, 3.05) is 25.0 Å². The Morgan fingerprint density at radius 2 is 2.38 bits per heavy atom. The molecule has 7 nitrogen and oxygen atoms in total. The van der Waals surface area contributed by atoms with Gasteiger partial charge in [-0.1, -0.05) is 6.42 Å². The van der Waals surface area contributed by atoms with Crippen molar-refractivity contribution >= 4 is 22.8 Å². The SMILES string of the molecule is CN(C[C@H]1CCCCN1)c1nc2cc([N+](=O)[O-])ccc2o1. The first-order chi connectivity index (χ1) is 10.1. The normalized spacial score (nSPS) is 18.8. The van der Waals surface area contributed by atoms with Crippen LogP contribution < -0.4 is 10.2 Å². The van der Waals surface area contributed by atoms with Crippen LogP contribution in [0.5, 0.6) is 0 Å². The molecule has 0 bridgehead atoms. The Kier molecular flexibility index (Phi) is 3.74. The highest BCUT2D eigenvalue weighted by atomic mass is 16.6. The van der Waals surface area contributed by atoms with Crippen LogP contribution in [-0.4, -0.2) is 36.1 Å². The summed E-state index contributed by atoms with van der Waals surface area (Å²) in [7, 11) is 1.93. The van der Waals surface area contributed by atoms with Gasteiger partial charge in [-0.2, -0.15) is 4.98 Å². The van der Waals surface area contributed by atoms with E-state index in [-0.39, 0.29) is 5.69 Å². The van der Waals surface area contributed by atoms with Gasteiger partial charge in [0, 0.05) is 31.8 Å². The van der Waals surface area contributed by atoms with Crippen LogP contribution in [0.3, 0.4) is 0 Å². The number of oxazole rings is 1. The minimum Gasteiger partial charge on any atom is -0.423 e. The number of hydrogen-bond acceptors (Lipinski definition) is 6. The summed E-state index contributed by atoms with van der Waals surface area (Å²) in [5.74, 6) is 0. The van der Waals surface area contributed by atoms with E-state index < -0.39 is 4.92 Å². The number of fused-ring (bicyclic) bond motifs is 1. The molecule has 1 aliphatic heterocycles. The van der Waals surface area contributed by atoms with Crippen LogP contribution in [0.25, 0.3) is 11.1 Å². The molecule has 0 amide bonds. The number of nitro groups is 1. The highest BCUT2D eigenvalue weighted by Crippen LogP contribution is 2.25. The van der Waals surface area contributed by atoms with Crippen molar-refractivity contribution in [3.63, 3.8) is 0 Å². The average Bonchev–Trinajstić information content (AvgIpc) is 2.91. The van der Waals surface area contributed by atoms with E-state index in [2.05, 4.69) is 10.3 Å². The summed E-state index contributed by atoms with van der Waals surface area (Å²) in [6.45, 7) is 1.87. The predicted molar refractivity (Wildman–Crippen MR) is 79.6 cm³/mol. The Bertz CT molecular complexity index is 649. The van der Waals surface area contributed by atoms with Gasteiger partial charge in [0.25, 0.3) is 11.7 Å². The molecule has 7 heteroatoms. The number of likely N-dealkylation sites (N-methyl/N-ethyl adjacent to an activating group) is 1. The van der Waals surface area contributed by atoms with Crippen LogP contribution in [0.1, 0.15) is 19.3 Å². The van der Waals surface area contributed by atoms with E-state index >= 15 is 0 Å². The molecule has 0 spiro atoms. The maximum absolute atomic E-state index is 10.8. The van der Waals surface area contributed by atoms with Gasteiger partial charge >= 0.3 is 0 Å². The summed E-state index contributed by atoms with van der Waals surface area (Å²) < 4.78 is 5.67. The lowest BCUT2D eigenvalue weighted by molar-refractivity contribution is -0.384. The lowest BCUT2D eigenvalue weighted by Gasteiger charge is -2.27. The molecule has 1 aromatic heterocycles. The van der Waals surface area contributed by atoms with Crippen LogP contribution in [0.15, 0.2) is 22.6 Å². The average molecular weight is 290 g/mol. The summed E-state index contributed by atoms with van der Waals surface area (Å²) in [6, 6.07) is 5.40. The van der Waals surface area contributed by atoms with Crippen molar-refractivity contribution in [3.05, 3.63) is 28.3 Å². The van der Waals surface area contributed by atoms with Gasteiger partial charge in [0.15, 0.2) is 5.58 Å². The van der Waals surface area contributed by atoms with Crippen molar-refractivity contribution in [1.29, 1.82) is 0 Å². The minimum absolute atomic E-state index is 0.0268. The van der Waals surface area contributed by atoms with E-state index in [1.165, 1.54) is 25.0 Å². The maximum atomic E-state index is 10.8. The first-order valence-corrected chi connectivity index (χ1v) is 7.13. The smallest absolute Gasteiger partial charge is 0.298 e. The highest BCUT2D eigenvalue weighted by Gasteiger charge is 2.18. The van der Waals surface area contributed by atoms with Gasteiger partial charge in [0.05, 0.1) is 4.92 Å². The molecule has 112 valence electrons. The number of piperidine rings is 1. The summed E-state index contributed by atoms with van der Waals surface area (Å²) in [5, 5.41) is 14.3. The van der Waals surface area contributed by atoms with E-state index in [9.17, 15) is 10.1 Å². The maximum Gasteiger partial charge on any atom is 0.298 e. The number of anilines is 1. The van der Waals surface area contributed by atoms with Gasteiger partial charge in [-0.25, -0.2) is 0 Å². The number of aromatic nitrogens is 1. The van der Waals surface area contributed by atoms with E-state index in [4.69, 9.17) is 4.42 Å². The van der Waals surface area contributed by atoms with Crippen molar-refractivity contribution in [2.24, 2.45) is 0 Å². The predicted octanol–water partition coefficient (Wildman–Crippen LogP) is 2.31. The Balaban J connectivity index is 1.78. The third-order valence-electron chi connectivity index (χ3n) is 3.80. The first-order valence-electron chi connectivity index (χ1n) is 7.13. The van der Waals surface area contributed by atoms with Gasteiger partial charge in [0.1, 0.15) is 5.52 Å². The molecule has 2 aromatic rings. The number of benzene rings is 1. The highest BCUT2D eigenvalue weighted by molar-refractivity contribution is 5.77. The second kappa shape index (κ2) is 5.69. The fourth-order valence-electron chi connectivity index (χ4n) is 2.67. The molecule has 0 aliphatic carbocycles. The van der Waals surface area contributed by atoms with E-state index in [0.29, 0.717) is 23.2 Å². The lowest BCUT2D eigenvalue weighted by atomic mass is 10.1. The van der Waals surface area contributed by atoms with Crippen molar-refractivity contribution < 1.29 is 9.34 Å². The number of nitro benzene ring substituents is 1. The Morgan fingerprint density at radius 1 is 1.52 bits per heavy atom. The van der Waals surface area contributed by atoms with Gasteiger partial charge in [-0.05, 0) is 25.5 Å².